The minimum Gasteiger partial charge on any atom is -0.493 e. The number of hydrogen-bond acceptors (Lipinski definition) is 39. The van der Waals surface area contributed by atoms with Crippen LogP contribution >= 0.6 is 58.0 Å². The first-order chi connectivity index (χ1) is 67.9. The normalized spacial score (nSPS) is 17.6. The molecular formula is C87H108Cl5N39O11. The number of aliphatic imine (C=N–C) groups is 4. The van der Waals surface area contributed by atoms with Gasteiger partial charge in [-0.3, -0.25) is 88.7 Å². The molecule has 142 heavy (non-hydrogen) atoms. The summed E-state index contributed by atoms with van der Waals surface area (Å²) >= 11 is 30.0. The molecule has 0 bridgehead atoms. The Morgan fingerprint density at radius 3 is 1.43 bits per heavy atom. The molecule has 23 N–H and O–H groups in total. The summed E-state index contributed by atoms with van der Waals surface area (Å²) in [5, 5.41) is 25.0. The van der Waals surface area contributed by atoms with Crippen molar-refractivity contribution >= 4 is 187 Å². The lowest BCUT2D eigenvalue weighted by molar-refractivity contribution is -0.134. The standard InChI is InChI=1S/C28H37Cl2N9O4.C24H27ClN10O3.C18H23ClN10O2.C17H21ClN10O2/c1-37-7-9-38(10-8-37)11-12-43-22-18(29)13-17(14-19(22)42-2)27(41)39-5-3-28(4-6-39)15-20(33-16-28)34-26(40)21-24(31)36-25(32)23(30)35-21;1-3-34-10-14(16(36)13-5-4-12(2)29-20(13)34)22(38)35-8-6-24(7-9-35)11-28-23(33-24)32-21(37)15-18(26)31-19(27)17(25)30-15;19-13-15(21)25-14(20)12(24-13)16(31)26-17-23-9-18(27-17)2-6-29(7-3-18)11(30)1-5-28-8-4-22-10-28;18-12-14(20)24-13(19)11(23-12)15(30)25-16-21-9-17(26-16)2-6-27(7-3-17)10(29)8-28-5-1-4-22-28/h13-14H,3-12,15-16H2,1-2H3,(H4,31,32,36)(H,33,34,40);4-5,10H,3,6-9,11H2,1-2H3,(H4,26,27,31)(H2,28,32,33,37);4,8,10H,1-3,5-7,9H2,(H4,20,21,25)(H2,23,26,27,31);1,4-5H,2-3,6-9H2,(H4,19,20,24)(H2,21,25,26,30). The van der Waals surface area contributed by atoms with Crippen LogP contribution in [0.25, 0.3) is 11.0 Å². The van der Waals surface area contributed by atoms with Crippen LogP contribution in [-0.2, 0) is 29.2 Å². The topological polar surface area (TPSA) is 690 Å². The first kappa shape index (κ1) is 102. The monoisotopic (exact) mass is 2050 g/mol. The summed E-state index contributed by atoms with van der Waals surface area (Å²) in [5.41, 5.74) is 45.2. The Kier molecular flexibility index (Phi) is 31.4. The zero-order valence-electron chi connectivity index (χ0n) is 78.0. The maximum atomic E-state index is 13.5. The number of nitrogens with one attached hydrogen (secondary N) is 7. The number of rotatable bonds is 17. The highest BCUT2D eigenvalue weighted by Gasteiger charge is 2.46. The number of carbonyl (C=O) groups is 8. The van der Waals surface area contributed by atoms with Gasteiger partial charge in [0.05, 0.1) is 60.1 Å². The van der Waals surface area contributed by atoms with E-state index in [0.29, 0.717) is 188 Å². The number of halogens is 5. The molecule has 5 fully saturated rings. The number of piperidine rings is 4. The van der Waals surface area contributed by atoms with Crippen LogP contribution in [0.1, 0.15) is 139 Å². The number of benzene rings is 1. The first-order valence-electron chi connectivity index (χ1n) is 45.5. The molecule has 8 amide bonds. The maximum Gasteiger partial charge on any atom is 0.280 e. The van der Waals surface area contributed by atoms with E-state index in [1.54, 1.807) is 71.0 Å². The van der Waals surface area contributed by atoms with Crippen molar-refractivity contribution in [3.8, 4) is 11.5 Å². The van der Waals surface area contributed by atoms with E-state index in [9.17, 15) is 43.2 Å². The molecule has 9 aliphatic rings. The van der Waals surface area contributed by atoms with Gasteiger partial charge in [0.1, 0.15) is 30.2 Å². The van der Waals surface area contributed by atoms with Gasteiger partial charge >= 0.3 is 0 Å². The number of methoxy groups -OCH3 is 1. The quantitative estimate of drug-likeness (QED) is 0.0616. The van der Waals surface area contributed by atoms with Crippen molar-refractivity contribution in [3.63, 3.8) is 0 Å². The maximum absolute atomic E-state index is 13.5. The molecule has 9 aliphatic heterocycles. The van der Waals surface area contributed by atoms with Crippen molar-refractivity contribution in [2.45, 2.75) is 114 Å². The van der Waals surface area contributed by atoms with Gasteiger partial charge in [-0.1, -0.05) is 58.0 Å². The summed E-state index contributed by atoms with van der Waals surface area (Å²) < 4.78 is 16.9. The van der Waals surface area contributed by atoms with Crippen LogP contribution in [0.2, 0.25) is 25.6 Å². The van der Waals surface area contributed by atoms with Crippen molar-refractivity contribution in [2.24, 2.45) is 25.4 Å². The molecule has 4 spiro atoms. The summed E-state index contributed by atoms with van der Waals surface area (Å²) in [4.78, 5) is 184. The third kappa shape index (κ3) is 23.9. The van der Waals surface area contributed by atoms with E-state index in [0.717, 1.165) is 64.1 Å². The average Bonchev–Trinajstić information content (AvgIpc) is 1.05. The number of imidazole rings is 1. The number of aryl methyl sites for hydroxylation is 3. The Morgan fingerprint density at radius 1 is 0.507 bits per heavy atom. The van der Waals surface area contributed by atoms with Gasteiger partial charge in [-0.2, -0.15) is 5.10 Å². The number of hydrogen-bond donors (Lipinski definition) is 15. The summed E-state index contributed by atoms with van der Waals surface area (Å²) in [6.45, 7) is 16.9. The number of amidine groups is 1. The number of fused-ring (bicyclic) bond motifs is 1. The van der Waals surface area contributed by atoms with Gasteiger partial charge < -0.3 is 110 Å². The number of carbonyl (C=O) groups excluding carboxylic acids is 8. The van der Waals surface area contributed by atoms with Crippen LogP contribution in [0, 0.1) is 12.3 Å². The van der Waals surface area contributed by atoms with Crippen LogP contribution in [0.4, 0.5) is 46.5 Å². The van der Waals surface area contributed by atoms with Crippen LogP contribution in [0.3, 0.4) is 0 Å². The predicted molar refractivity (Wildman–Crippen MR) is 532 cm³/mol. The van der Waals surface area contributed by atoms with Crippen molar-refractivity contribution in [1.29, 1.82) is 0 Å². The third-order valence-electron chi connectivity index (χ3n) is 26.0. The second kappa shape index (κ2) is 43.7. The van der Waals surface area contributed by atoms with Crippen LogP contribution in [0.5, 0.6) is 11.5 Å². The zero-order valence-corrected chi connectivity index (χ0v) is 81.8. The van der Waals surface area contributed by atoms with Crippen LogP contribution < -0.4 is 98.0 Å². The molecule has 0 aliphatic carbocycles. The highest BCUT2D eigenvalue weighted by molar-refractivity contribution is 6.34. The van der Waals surface area contributed by atoms with E-state index in [-0.39, 0.29) is 154 Å². The fourth-order valence-corrected chi connectivity index (χ4v) is 18.4. The second-order valence-electron chi connectivity index (χ2n) is 35.6. The average molecular weight is 2050 g/mol. The molecular weight excluding hydrogens is 1940 g/mol. The Bertz CT molecular complexity index is 6510. The van der Waals surface area contributed by atoms with Crippen molar-refractivity contribution < 1.29 is 47.8 Å². The molecule has 55 heteroatoms. The minimum atomic E-state index is -0.624. The minimum absolute atomic E-state index is 0.0234. The highest BCUT2D eigenvalue weighted by atomic mass is 35.5. The molecule has 9 aromatic rings. The molecule has 17 heterocycles. The van der Waals surface area contributed by atoms with Gasteiger partial charge in [0.15, 0.2) is 119 Å². The lowest BCUT2D eigenvalue weighted by Crippen LogP contribution is -2.57. The molecule has 0 radical (unpaired) electrons. The Labute approximate surface area is 837 Å². The summed E-state index contributed by atoms with van der Waals surface area (Å²) in [6.07, 6.45) is 16.7. The number of aromatic nitrogens is 14. The van der Waals surface area contributed by atoms with E-state index < -0.39 is 29.2 Å². The molecule has 0 unspecified atom stereocenters. The number of guanidine groups is 3. The van der Waals surface area contributed by atoms with Crippen molar-refractivity contribution in [3.05, 3.63) is 143 Å². The van der Waals surface area contributed by atoms with E-state index in [1.165, 1.54) is 7.11 Å². The highest BCUT2D eigenvalue weighted by Crippen LogP contribution is 2.42. The fraction of sp³-hybridized carbons (Fsp3) is 0.448. The summed E-state index contributed by atoms with van der Waals surface area (Å²) in [5.74, 6) is -0.987. The smallest absolute Gasteiger partial charge is 0.280 e. The molecule has 0 saturated carbocycles. The molecule has 1 aromatic carbocycles. The van der Waals surface area contributed by atoms with Crippen molar-refractivity contribution in [2.75, 3.05) is 178 Å². The SMILES string of the molecule is CCn1cc(C(=O)N2CCC3(CC2)CN=C(NC(=O)c2nc(Cl)c(N)nc2N)N3)c(=O)c2ccc(C)nc21.COc1cc(C(=O)N2CCC3(CC2)CN=C(NC(=O)c2nc(Cl)c(N)nc2N)C3)cc(Cl)c1OCCN1CCN(C)CC1.Nc1nc(N)c(C(=O)NC2=NCC3(CCN(C(=O)CCn4ccnc4)CC3)N2)nc1Cl.Nc1nc(N)c(C(=O)NC2=NCC3(CCN(C(=O)Cn4cccn4)CC3)N2)nc1Cl. The van der Waals surface area contributed by atoms with E-state index in [1.807, 2.05) is 43.9 Å². The number of nitrogens with two attached hydrogens (primary N) is 8. The van der Waals surface area contributed by atoms with Gasteiger partial charge in [-0.15, -0.1) is 0 Å². The molecule has 752 valence electrons. The summed E-state index contributed by atoms with van der Waals surface area (Å²) in [7, 11) is 3.66. The largest absolute Gasteiger partial charge is 0.493 e. The lowest BCUT2D eigenvalue weighted by atomic mass is 9.77. The number of nitrogen functional groups attached to an aromatic ring is 8. The number of likely N-dealkylation sites (tertiary alicyclic amines) is 4. The van der Waals surface area contributed by atoms with Gasteiger partial charge in [0, 0.05) is 165 Å². The second-order valence-corrected chi connectivity index (χ2v) is 37.4. The Hall–Kier alpha value is -14.5. The molecule has 18 rings (SSSR count). The van der Waals surface area contributed by atoms with E-state index in [2.05, 4.69) is 129 Å². The van der Waals surface area contributed by atoms with Crippen LogP contribution in [-0.4, -0.2) is 318 Å². The summed E-state index contributed by atoms with van der Waals surface area (Å²) in [6, 6.07) is 8.61. The molecule has 5 saturated heterocycles. The van der Waals surface area contributed by atoms with Crippen molar-refractivity contribution in [1.82, 2.24) is 135 Å². The van der Waals surface area contributed by atoms with Crippen LogP contribution in [0.15, 0.2) is 92.4 Å². The van der Waals surface area contributed by atoms with E-state index in [4.69, 9.17) is 113 Å². The Morgan fingerprint density at radius 2 is 0.972 bits per heavy atom. The third-order valence-corrected chi connectivity index (χ3v) is 27.4. The van der Waals surface area contributed by atoms with E-state index >= 15 is 0 Å². The predicted octanol–water partition coefficient (Wildman–Crippen LogP) is 1.61. The number of ether oxygens (including phenoxy) is 2. The number of nitrogens with zero attached hydrogens (tertiary/aromatic N) is 24. The number of anilines is 8. The van der Waals surface area contributed by atoms with Gasteiger partial charge in [0.2, 0.25) is 17.2 Å². The first-order valence-corrected chi connectivity index (χ1v) is 47.4. The number of pyridine rings is 2. The number of amides is 8. The molecule has 0 atom stereocenters. The zero-order chi connectivity index (χ0) is 101. The van der Waals surface area contributed by atoms with Gasteiger partial charge in [0.25, 0.3) is 35.4 Å². The van der Waals surface area contributed by atoms with Gasteiger partial charge in [-0.25, -0.2) is 49.8 Å². The number of likely N-dealkylation sites (N-methyl/N-ethyl adjacent to an activating group) is 1. The Balaban J connectivity index is 0.000000144. The molecule has 50 nitrogen and oxygen atoms in total. The molecule has 8 aromatic heterocycles. The number of piperazine rings is 1. The fourth-order valence-electron chi connectivity index (χ4n) is 17.6. The lowest BCUT2D eigenvalue weighted by Gasteiger charge is -2.39. The van der Waals surface area contributed by atoms with Gasteiger partial charge in [-0.05, 0) is 103 Å².